The minimum absolute atomic E-state index is 0.142. The Hall–Kier alpha value is -7.04. The Kier molecular flexibility index (Phi) is 10.1. The highest BCUT2D eigenvalue weighted by molar-refractivity contribution is 5.97. The minimum Gasteiger partial charge on any atom is -0.507 e. The van der Waals surface area contributed by atoms with Gasteiger partial charge in [0.2, 0.25) is 0 Å². The maximum absolute atomic E-state index is 11.3. The van der Waals surface area contributed by atoms with E-state index in [1.807, 2.05) is 76.4 Å². The van der Waals surface area contributed by atoms with Crippen LogP contribution in [0.5, 0.6) is 5.75 Å². The first-order chi connectivity index (χ1) is 30.5. The van der Waals surface area contributed by atoms with Crippen molar-refractivity contribution in [1.29, 1.82) is 0 Å². The van der Waals surface area contributed by atoms with E-state index < -0.39 is 11.8 Å². The number of rotatable bonds is 9. The average Bonchev–Trinajstić information content (AvgIpc) is 3.68. The summed E-state index contributed by atoms with van der Waals surface area (Å²) in [6, 6.07) is 58.1. The van der Waals surface area contributed by atoms with Gasteiger partial charge in [0.1, 0.15) is 11.6 Å². The molecule has 2 aromatic heterocycles. The van der Waals surface area contributed by atoms with E-state index in [9.17, 15) is 5.11 Å². The zero-order valence-electron chi connectivity index (χ0n) is 38.5. The number of para-hydroxylation sites is 2. The number of hydrogen-bond acceptors (Lipinski definition) is 3. The number of phenolic OH excluding ortho intramolecular Hbond substituents is 1. The SMILES string of the molecule is [2H]C(C)(C)c1cccc(C([2H])(C)C)c1-c1ccc(-n2c(-c3ccccc3O)nc3c(-c4cc(-c5cc(-c6ccc(-c7ccccc7)cc6)ccn5)cc(C(C)(C)C)c4)cccc32)cc1. The molecule has 4 heteroatoms. The highest BCUT2D eigenvalue weighted by Crippen LogP contribution is 2.41. The van der Waals surface area contributed by atoms with Crippen molar-refractivity contribution in [3.63, 3.8) is 0 Å². The van der Waals surface area contributed by atoms with Crippen LogP contribution in [0.3, 0.4) is 0 Å². The lowest BCUT2D eigenvalue weighted by Gasteiger charge is -2.22. The second-order valence-electron chi connectivity index (χ2n) is 17.7. The molecule has 0 radical (unpaired) electrons. The number of hydrogen-bond donors (Lipinski definition) is 1. The predicted molar refractivity (Wildman–Crippen MR) is 260 cm³/mol. The summed E-state index contributed by atoms with van der Waals surface area (Å²) in [5.74, 6) is -0.984. The minimum atomic E-state index is -0.873. The summed E-state index contributed by atoms with van der Waals surface area (Å²) in [5.41, 5.74) is 16.3. The van der Waals surface area contributed by atoms with Gasteiger partial charge in [-0.05, 0) is 127 Å². The molecule has 1 N–H and O–H groups in total. The van der Waals surface area contributed by atoms with Crippen LogP contribution in [-0.2, 0) is 5.41 Å². The maximum Gasteiger partial charge on any atom is 0.149 e. The fourth-order valence-corrected chi connectivity index (χ4v) is 8.53. The van der Waals surface area contributed by atoms with Crippen molar-refractivity contribution >= 4 is 11.0 Å². The van der Waals surface area contributed by atoms with Gasteiger partial charge in [-0.15, -0.1) is 0 Å². The second kappa shape index (κ2) is 16.4. The fourth-order valence-electron chi connectivity index (χ4n) is 8.53. The molecule has 4 nitrogen and oxygen atoms in total. The first kappa shape index (κ1) is 37.9. The quantitative estimate of drug-likeness (QED) is 0.158. The molecule has 7 aromatic carbocycles. The largest absolute Gasteiger partial charge is 0.507 e. The van der Waals surface area contributed by atoms with Gasteiger partial charge >= 0.3 is 0 Å². The van der Waals surface area contributed by atoms with Crippen LogP contribution in [0.25, 0.3) is 83.9 Å². The highest BCUT2D eigenvalue weighted by atomic mass is 16.3. The number of aromatic nitrogens is 3. The predicted octanol–water partition coefficient (Wildman–Crippen LogP) is 15.7. The van der Waals surface area contributed by atoms with Crippen molar-refractivity contribution < 1.29 is 7.85 Å². The van der Waals surface area contributed by atoms with Crippen LogP contribution in [0.1, 0.15) is 79.7 Å². The molecule has 306 valence electrons. The molecule has 0 fully saturated rings. The molecule has 9 aromatic rings. The number of imidazole rings is 1. The smallest absolute Gasteiger partial charge is 0.149 e. The number of phenols is 1. The lowest BCUT2D eigenvalue weighted by Crippen LogP contribution is -2.11. The number of fused-ring (bicyclic) bond motifs is 1. The van der Waals surface area contributed by atoms with Crippen molar-refractivity contribution in [3.05, 3.63) is 193 Å². The van der Waals surface area contributed by atoms with E-state index in [-0.39, 0.29) is 11.2 Å². The summed E-state index contributed by atoms with van der Waals surface area (Å²) in [5, 5.41) is 11.3. The van der Waals surface area contributed by atoms with E-state index in [1.54, 1.807) is 6.07 Å². The van der Waals surface area contributed by atoms with Crippen LogP contribution in [0, 0.1) is 0 Å². The molecule has 0 aliphatic rings. The number of nitrogens with zero attached hydrogens (tertiary/aromatic N) is 3. The van der Waals surface area contributed by atoms with Gasteiger partial charge < -0.3 is 5.11 Å². The average molecular weight is 810 g/mol. The van der Waals surface area contributed by atoms with Crippen molar-refractivity contribution in [2.24, 2.45) is 0 Å². The van der Waals surface area contributed by atoms with E-state index in [2.05, 4.69) is 147 Å². The molecule has 0 aliphatic heterocycles. The molecule has 0 saturated heterocycles. The molecule has 0 unspecified atom stereocenters. The highest BCUT2D eigenvalue weighted by Gasteiger charge is 2.23. The lowest BCUT2D eigenvalue weighted by molar-refractivity contribution is 0.477. The first-order valence-corrected chi connectivity index (χ1v) is 21.4. The van der Waals surface area contributed by atoms with Crippen LogP contribution in [-0.4, -0.2) is 19.6 Å². The van der Waals surface area contributed by atoms with Gasteiger partial charge in [0.15, 0.2) is 0 Å². The normalized spacial score (nSPS) is 12.6. The van der Waals surface area contributed by atoms with E-state index in [0.29, 0.717) is 11.4 Å². The van der Waals surface area contributed by atoms with E-state index in [0.717, 1.165) is 72.5 Å². The summed E-state index contributed by atoms with van der Waals surface area (Å²) in [6.07, 6.45) is 1.90. The van der Waals surface area contributed by atoms with Gasteiger partial charge in [-0.25, -0.2) is 4.98 Å². The standard InChI is InChI=1S/C58H53N3O/c1-37(2)48-18-13-19-49(38(3)4)55(48)42-27-29-47(30-28-42)61-53-21-14-20-50(56(53)60-57(61)51-17-11-12-22-54(51)62)44-33-45(35-46(34-44)58(5,6)7)52-36-43(31-32-59-52)41-25-23-40(24-26-41)39-15-9-8-10-16-39/h8-38,62H,1-7H3/i37D,38D. The van der Waals surface area contributed by atoms with Crippen molar-refractivity contribution in [2.75, 3.05) is 0 Å². The van der Waals surface area contributed by atoms with Gasteiger partial charge in [-0.3, -0.25) is 9.55 Å². The molecule has 2 heterocycles. The van der Waals surface area contributed by atoms with E-state index in [1.165, 1.54) is 16.7 Å². The van der Waals surface area contributed by atoms with Gasteiger partial charge in [-0.2, -0.15) is 0 Å². The molecule has 0 saturated carbocycles. The fraction of sp³-hybridized carbons (Fsp3) is 0.172. The third-order valence-corrected chi connectivity index (χ3v) is 11.9. The van der Waals surface area contributed by atoms with Gasteiger partial charge in [0.25, 0.3) is 0 Å². The molecule has 0 spiro atoms. The molecular weight excluding hydrogens is 755 g/mol. The number of benzene rings is 7. The summed E-state index contributed by atoms with van der Waals surface area (Å²) in [7, 11) is 0. The van der Waals surface area contributed by atoms with Crippen molar-refractivity contribution in [3.8, 4) is 78.6 Å². The zero-order chi connectivity index (χ0) is 45.0. The molecule has 0 aliphatic carbocycles. The first-order valence-electron chi connectivity index (χ1n) is 22.4. The molecule has 0 atom stereocenters. The zero-order valence-corrected chi connectivity index (χ0v) is 36.5. The molecule has 9 rings (SSSR count). The van der Waals surface area contributed by atoms with Crippen LogP contribution >= 0.6 is 0 Å². The Balaban J connectivity index is 1.18. The molecule has 0 bridgehead atoms. The van der Waals surface area contributed by atoms with E-state index >= 15 is 0 Å². The lowest BCUT2D eigenvalue weighted by atomic mass is 9.83. The Bertz CT molecular complexity index is 3120. The van der Waals surface area contributed by atoms with Crippen LogP contribution in [0.2, 0.25) is 0 Å². The van der Waals surface area contributed by atoms with Crippen molar-refractivity contribution in [1.82, 2.24) is 14.5 Å². The monoisotopic (exact) mass is 809 g/mol. The number of pyridine rings is 1. The Morgan fingerprint density at radius 1 is 0.532 bits per heavy atom. The Morgan fingerprint density at radius 2 is 1.11 bits per heavy atom. The molecule has 0 amide bonds. The molecular formula is C58H53N3O. The van der Waals surface area contributed by atoms with Crippen LogP contribution < -0.4 is 0 Å². The van der Waals surface area contributed by atoms with Gasteiger partial charge in [0, 0.05) is 25.8 Å². The number of aromatic hydroxyl groups is 1. The topological polar surface area (TPSA) is 50.9 Å². The van der Waals surface area contributed by atoms with Crippen LogP contribution in [0.4, 0.5) is 0 Å². The second-order valence-corrected chi connectivity index (χ2v) is 17.7. The maximum atomic E-state index is 11.3. The van der Waals surface area contributed by atoms with Gasteiger partial charge in [-0.1, -0.05) is 164 Å². The Morgan fingerprint density at radius 3 is 1.77 bits per heavy atom. The third kappa shape index (κ3) is 7.74. The van der Waals surface area contributed by atoms with Crippen molar-refractivity contribution in [2.45, 2.75) is 65.7 Å². The summed E-state index contributed by atoms with van der Waals surface area (Å²) in [6.45, 7) is 14.3. The summed E-state index contributed by atoms with van der Waals surface area (Å²) in [4.78, 5) is 10.3. The van der Waals surface area contributed by atoms with Gasteiger partial charge in [0.05, 0.1) is 22.3 Å². The third-order valence-electron chi connectivity index (χ3n) is 11.9. The van der Waals surface area contributed by atoms with Crippen LogP contribution in [0.15, 0.2) is 176 Å². The Labute approximate surface area is 369 Å². The molecule has 62 heavy (non-hydrogen) atoms. The van der Waals surface area contributed by atoms with E-state index in [4.69, 9.17) is 12.7 Å². The summed E-state index contributed by atoms with van der Waals surface area (Å²) >= 11 is 0. The summed E-state index contributed by atoms with van der Waals surface area (Å²) < 4.78 is 20.2.